The average Bonchev–Trinajstić information content (AvgIpc) is 2.77. The molecule has 7 nitrogen and oxygen atoms in total. The van der Waals surface area contributed by atoms with Gasteiger partial charge in [-0.1, -0.05) is 0 Å². The summed E-state index contributed by atoms with van der Waals surface area (Å²) in [5, 5.41) is 0.501. The van der Waals surface area contributed by atoms with E-state index in [1.54, 1.807) is 25.2 Å². The number of nitrogens with one attached hydrogen (secondary N) is 1. The lowest BCUT2D eigenvalue weighted by molar-refractivity contribution is 0.0734. The average molecular weight is 440 g/mol. The van der Waals surface area contributed by atoms with E-state index >= 15 is 0 Å². The largest absolute Gasteiger partial charge is 0.490 e. The highest BCUT2D eigenvalue weighted by molar-refractivity contribution is 7.71. The van der Waals surface area contributed by atoms with Gasteiger partial charge in [-0.15, -0.1) is 0 Å². The Labute approximate surface area is 185 Å². The second kappa shape index (κ2) is 8.55. The van der Waals surface area contributed by atoms with Gasteiger partial charge in [0.2, 0.25) is 0 Å². The number of rotatable bonds is 5. The lowest BCUT2D eigenvalue weighted by Crippen LogP contribution is -2.36. The quantitative estimate of drug-likeness (QED) is 0.615. The van der Waals surface area contributed by atoms with Gasteiger partial charge in [-0.2, -0.15) is 0 Å². The summed E-state index contributed by atoms with van der Waals surface area (Å²) >= 11 is 5.20. The molecule has 31 heavy (non-hydrogen) atoms. The van der Waals surface area contributed by atoms with Gasteiger partial charge in [0.05, 0.1) is 24.1 Å². The number of fused-ring (bicyclic) bond motifs is 2. The van der Waals surface area contributed by atoms with E-state index in [-0.39, 0.29) is 11.5 Å². The first-order chi connectivity index (χ1) is 14.9. The summed E-state index contributed by atoms with van der Waals surface area (Å²) in [5.74, 6) is 1.36. The van der Waals surface area contributed by atoms with Gasteiger partial charge in [0, 0.05) is 25.7 Å². The molecular formula is C23H25N3O4S. The van der Waals surface area contributed by atoms with Crippen LogP contribution in [0.1, 0.15) is 35.3 Å². The fourth-order valence-electron chi connectivity index (χ4n) is 3.90. The number of amides is 1. The Morgan fingerprint density at radius 3 is 2.45 bits per heavy atom. The number of benzene rings is 2. The van der Waals surface area contributed by atoms with E-state index in [2.05, 4.69) is 4.98 Å². The minimum Gasteiger partial charge on any atom is -0.490 e. The SMILES string of the molecule is CCOc1cc2c(cc1OCC)CN(C(=O)c1ccc3c(=O)n(C)c(=S)[nH]c3c1)CC2. The first kappa shape index (κ1) is 21.1. The molecule has 0 spiro atoms. The second-order valence-electron chi connectivity index (χ2n) is 7.47. The molecule has 4 rings (SSSR count). The topological polar surface area (TPSA) is 76.6 Å². The van der Waals surface area contributed by atoms with Crippen LogP contribution in [0.2, 0.25) is 0 Å². The van der Waals surface area contributed by atoms with Crippen LogP contribution in [-0.4, -0.2) is 40.1 Å². The Morgan fingerprint density at radius 1 is 1.10 bits per heavy atom. The van der Waals surface area contributed by atoms with Gasteiger partial charge in [-0.25, -0.2) is 0 Å². The van der Waals surface area contributed by atoms with Crippen molar-refractivity contribution in [1.82, 2.24) is 14.5 Å². The molecule has 1 amide bonds. The van der Waals surface area contributed by atoms with Gasteiger partial charge in [-0.05, 0) is 73.9 Å². The lowest BCUT2D eigenvalue weighted by Gasteiger charge is -2.30. The Hall–Kier alpha value is -3.13. The molecule has 1 aromatic heterocycles. The zero-order valence-electron chi connectivity index (χ0n) is 17.9. The van der Waals surface area contributed by atoms with Crippen molar-refractivity contribution in [3.63, 3.8) is 0 Å². The summed E-state index contributed by atoms with van der Waals surface area (Å²) in [6.45, 7) is 6.09. The molecule has 1 N–H and O–H groups in total. The third kappa shape index (κ3) is 3.95. The van der Waals surface area contributed by atoms with E-state index in [4.69, 9.17) is 21.7 Å². The third-order valence-corrected chi connectivity index (χ3v) is 5.89. The first-order valence-corrected chi connectivity index (χ1v) is 10.8. The summed E-state index contributed by atoms with van der Waals surface area (Å²) in [6, 6.07) is 9.08. The number of ether oxygens (including phenoxy) is 2. The smallest absolute Gasteiger partial charge is 0.261 e. The zero-order valence-corrected chi connectivity index (χ0v) is 18.7. The molecule has 2 aromatic carbocycles. The van der Waals surface area contributed by atoms with Gasteiger partial charge < -0.3 is 19.4 Å². The molecule has 0 atom stereocenters. The molecular weight excluding hydrogens is 414 g/mol. The maximum Gasteiger partial charge on any atom is 0.261 e. The van der Waals surface area contributed by atoms with E-state index in [1.807, 2.05) is 30.9 Å². The predicted molar refractivity (Wildman–Crippen MR) is 122 cm³/mol. The van der Waals surface area contributed by atoms with Crippen LogP contribution in [0, 0.1) is 4.77 Å². The number of aromatic nitrogens is 2. The van der Waals surface area contributed by atoms with Crippen molar-refractivity contribution in [2.24, 2.45) is 7.05 Å². The summed E-state index contributed by atoms with van der Waals surface area (Å²) in [6.07, 6.45) is 0.740. The van der Waals surface area contributed by atoms with Crippen molar-refractivity contribution < 1.29 is 14.3 Å². The van der Waals surface area contributed by atoms with E-state index in [9.17, 15) is 9.59 Å². The van der Waals surface area contributed by atoms with E-state index in [1.165, 1.54) is 10.1 Å². The first-order valence-electron chi connectivity index (χ1n) is 10.4. The van der Waals surface area contributed by atoms with Crippen molar-refractivity contribution in [3.8, 4) is 11.5 Å². The monoisotopic (exact) mass is 439 g/mol. The molecule has 3 aromatic rings. The van der Waals surface area contributed by atoms with Gasteiger partial charge in [0.25, 0.3) is 11.5 Å². The molecule has 0 aliphatic carbocycles. The van der Waals surface area contributed by atoms with Gasteiger partial charge in [-0.3, -0.25) is 14.2 Å². The number of aromatic amines is 1. The standard InChI is InChI=1S/C23H25N3O4S/c1-4-29-19-11-14-8-9-26(13-16(14)12-20(19)30-5-2)21(27)15-6-7-17-18(10-15)24-23(31)25(3)22(17)28/h6-7,10-12H,4-5,8-9,13H2,1-3H3,(H,24,31). The number of hydrogen-bond acceptors (Lipinski definition) is 5. The van der Waals surface area contributed by atoms with Crippen LogP contribution < -0.4 is 15.0 Å². The minimum absolute atomic E-state index is 0.0839. The molecule has 1 aliphatic rings. The molecule has 0 bridgehead atoms. The Kier molecular flexibility index (Phi) is 5.82. The highest BCUT2D eigenvalue weighted by atomic mass is 32.1. The van der Waals surface area contributed by atoms with E-state index in [0.717, 1.165) is 17.7 Å². The molecule has 0 saturated heterocycles. The summed E-state index contributed by atoms with van der Waals surface area (Å²) < 4.78 is 13.2. The van der Waals surface area contributed by atoms with Gasteiger partial charge in [0.15, 0.2) is 16.3 Å². The van der Waals surface area contributed by atoms with Crippen LogP contribution in [0.4, 0.5) is 0 Å². The number of hydrogen-bond donors (Lipinski definition) is 1. The summed E-state index contributed by atoms with van der Waals surface area (Å²) in [4.78, 5) is 30.4. The zero-order chi connectivity index (χ0) is 22.1. The van der Waals surface area contributed by atoms with Gasteiger partial charge >= 0.3 is 0 Å². The number of carbonyl (C=O) groups excluding carboxylic acids is 1. The highest BCUT2D eigenvalue weighted by Gasteiger charge is 2.24. The number of carbonyl (C=O) groups is 1. The number of nitrogens with zero attached hydrogens (tertiary/aromatic N) is 2. The molecule has 2 heterocycles. The third-order valence-electron chi connectivity index (χ3n) is 5.51. The Bertz CT molecular complexity index is 1280. The minimum atomic E-state index is -0.182. The normalized spacial score (nSPS) is 13.2. The molecule has 0 unspecified atom stereocenters. The maximum atomic E-state index is 13.2. The molecule has 0 radical (unpaired) electrons. The van der Waals surface area contributed by atoms with Crippen LogP contribution in [0.15, 0.2) is 35.1 Å². The maximum absolute atomic E-state index is 13.2. The fourth-order valence-corrected chi connectivity index (χ4v) is 4.09. The highest BCUT2D eigenvalue weighted by Crippen LogP contribution is 2.34. The molecule has 0 saturated carbocycles. The Morgan fingerprint density at radius 2 is 1.77 bits per heavy atom. The van der Waals surface area contributed by atoms with Crippen molar-refractivity contribution in [2.75, 3.05) is 19.8 Å². The predicted octanol–water partition coefficient (Wildman–Crippen LogP) is 3.59. The lowest BCUT2D eigenvalue weighted by atomic mass is 9.98. The Balaban J connectivity index is 1.64. The van der Waals surface area contributed by atoms with Crippen molar-refractivity contribution in [1.29, 1.82) is 0 Å². The molecule has 162 valence electrons. The van der Waals surface area contributed by atoms with Crippen molar-refractivity contribution in [2.45, 2.75) is 26.8 Å². The molecule has 1 aliphatic heterocycles. The van der Waals surface area contributed by atoms with Gasteiger partial charge in [0.1, 0.15) is 0 Å². The fraction of sp³-hybridized carbons (Fsp3) is 0.348. The van der Waals surface area contributed by atoms with Crippen LogP contribution in [-0.2, 0) is 20.0 Å². The van der Waals surface area contributed by atoms with Crippen LogP contribution in [0.3, 0.4) is 0 Å². The van der Waals surface area contributed by atoms with Crippen LogP contribution in [0.5, 0.6) is 11.5 Å². The molecule has 8 heteroatoms. The van der Waals surface area contributed by atoms with E-state index in [0.29, 0.717) is 53.3 Å². The number of H-pyrrole nitrogens is 1. The molecule has 0 fully saturated rings. The second-order valence-corrected chi connectivity index (χ2v) is 7.85. The van der Waals surface area contributed by atoms with Crippen LogP contribution >= 0.6 is 12.2 Å². The van der Waals surface area contributed by atoms with Crippen LogP contribution in [0.25, 0.3) is 10.9 Å². The van der Waals surface area contributed by atoms with E-state index < -0.39 is 0 Å². The summed E-state index contributed by atoms with van der Waals surface area (Å²) in [7, 11) is 1.62. The van der Waals surface area contributed by atoms with Crippen molar-refractivity contribution in [3.05, 3.63) is 62.1 Å². The summed E-state index contributed by atoms with van der Waals surface area (Å²) in [5.41, 5.74) is 3.13. The van der Waals surface area contributed by atoms with Crippen molar-refractivity contribution >= 4 is 29.0 Å².